The number of aromatic nitrogens is 1. The fourth-order valence-electron chi connectivity index (χ4n) is 4.31. The van der Waals surface area contributed by atoms with E-state index in [-0.39, 0.29) is 12.2 Å². The van der Waals surface area contributed by atoms with Crippen LogP contribution in [0, 0.1) is 13.8 Å². The number of aryl methyl sites for hydroxylation is 2. The highest BCUT2D eigenvalue weighted by atomic mass is 16.5. The highest BCUT2D eigenvalue weighted by Gasteiger charge is 2.28. The molecule has 0 saturated carbocycles. The van der Waals surface area contributed by atoms with Gasteiger partial charge in [-0.25, -0.2) is 9.36 Å². The van der Waals surface area contributed by atoms with E-state index in [1.807, 2.05) is 74.5 Å². The van der Waals surface area contributed by atoms with Crippen LogP contribution in [0.1, 0.15) is 27.2 Å². The second-order valence-corrected chi connectivity index (χ2v) is 8.52. The Morgan fingerprint density at radius 1 is 0.943 bits per heavy atom. The summed E-state index contributed by atoms with van der Waals surface area (Å²) in [7, 11) is 3.18. The number of para-hydroxylation sites is 1. The molecule has 0 atom stereocenters. The van der Waals surface area contributed by atoms with Crippen molar-refractivity contribution in [2.75, 3.05) is 14.2 Å². The van der Waals surface area contributed by atoms with Crippen LogP contribution in [0.4, 0.5) is 4.79 Å². The zero-order chi connectivity index (χ0) is 25.3. The summed E-state index contributed by atoms with van der Waals surface area (Å²) in [6, 6.07) is 19.2. The molecule has 1 aromatic heterocycles. The third kappa shape index (κ3) is 4.28. The maximum absolute atomic E-state index is 13.9. The van der Waals surface area contributed by atoms with Gasteiger partial charge in [0.2, 0.25) is 0 Å². The monoisotopic (exact) mass is 469 g/mol. The van der Waals surface area contributed by atoms with Gasteiger partial charge in [0, 0.05) is 30.1 Å². The fourth-order valence-corrected chi connectivity index (χ4v) is 4.31. The molecule has 0 saturated heterocycles. The third-order valence-electron chi connectivity index (χ3n) is 6.23. The summed E-state index contributed by atoms with van der Waals surface area (Å²) < 4.78 is 6.21. The first-order chi connectivity index (χ1) is 16.7. The molecule has 4 rings (SSSR count). The maximum Gasteiger partial charge on any atom is 0.326 e. The molecule has 2 N–H and O–H groups in total. The first kappa shape index (κ1) is 23.8. The Labute approximate surface area is 203 Å². The van der Waals surface area contributed by atoms with E-state index in [1.54, 1.807) is 20.2 Å². The average Bonchev–Trinajstić information content (AvgIpc) is 2.85. The quantitative estimate of drug-likeness (QED) is 0.466. The lowest BCUT2D eigenvalue weighted by molar-refractivity contribution is 0.0775. The van der Waals surface area contributed by atoms with Crippen LogP contribution in [0.3, 0.4) is 0 Å². The zero-order valence-corrected chi connectivity index (χ0v) is 20.2. The molecular formula is C28H27N3O4. The lowest BCUT2D eigenvalue weighted by Crippen LogP contribution is -2.40. The van der Waals surface area contributed by atoms with Crippen LogP contribution in [0.2, 0.25) is 0 Å². The molecule has 2 amide bonds. The van der Waals surface area contributed by atoms with E-state index in [1.165, 1.54) is 4.90 Å². The molecule has 0 spiro atoms. The van der Waals surface area contributed by atoms with Crippen LogP contribution < -0.4 is 16.0 Å². The van der Waals surface area contributed by atoms with E-state index in [9.17, 15) is 14.4 Å². The van der Waals surface area contributed by atoms with Gasteiger partial charge in [-0.1, -0.05) is 54.6 Å². The number of carbonyl (C=O) groups is 2. The third-order valence-corrected chi connectivity index (χ3v) is 6.23. The van der Waals surface area contributed by atoms with E-state index in [4.69, 9.17) is 10.5 Å². The summed E-state index contributed by atoms with van der Waals surface area (Å²) in [5, 5.41) is 0.922. The van der Waals surface area contributed by atoms with Crippen molar-refractivity contribution in [1.82, 2.24) is 9.47 Å². The van der Waals surface area contributed by atoms with Gasteiger partial charge in [-0.15, -0.1) is 0 Å². The number of carbonyl (C=O) groups excluding carboxylic acids is 2. The van der Waals surface area contributed by atoms with Crippen molar-refractivity contribution >= 4 is 22.7 Å². The summed E-state index contributed by atoms with van der Waals surface area (Å²) in [4.78, 5) is 41.5. The van der Waals surface area contributed by atoms with Gasteiger partial charge in [-0.05, 0) is 48.1 Å². The van der Waals surface area contributed by atoms with Crippen LogP contribution in [0.25, 0.3) is 21.9 Å². The molecule has 0 aliphatic carbocycles. The van der Waals surface area contributed by atoms with Gasteiger partial charge in [0.25, 0.3) is 11.5 Å². The number of rotatable bonds is 5. The molecule has 4 aromatic rings. The minimum atomic E-state index is -1.01. The van der Waals surface area contributed by atoms with E-state index in [2.05, 4.69) is 0 Å². The Balaban J connectivity index is 2.03. The number of methoxy groups -OCH3 is 1. The molecule has 0 unspecified atom stereocenters. The number of amides is 2. The van der Waals surface area contributed by atoms with Crippen LogP contribution in [-0.2, 0) is 6.54 Å². The number of hydrogen-bond acceptors (Lipinski definition) is 4. The second kappa shape index (κ2) is 9.46. The smallest absolute Gasteiger partial charge is 0.326 e. The molecule has 0 aliphatic heterocycles. The Morgan fingerprint density at radius 2 is 1.54 bits per heavy atom. The van der Waals surface area contributed by atoms with Crippen LogP contribution in [-0.4, -0.2) is 35.6 Å². The van der Waals surface area contributed by atoms with Crippen molar-refractivity contribution < 1.29 is 14.3 Å². The van der Waals surface area contributed by atoms with E-state index >= 15 is 0 Å². The van der Waals surface area contributed by atoms with Crippen molar-refractivity contribution in [2.45, 2.75) is 20.4 Å². The number of fused-ring (bicyclic) bond motifs is 1. The number of nitrogens with zero attached hydrogens (tertiary/aromatic N) is 2. The summed E-state index contributed by atoms with van der Waals surface area (Å²) in [6.45, 7) is 4.04. The van der Waals surface area contributed by atoms with Crippen molar-refractivity contribution in [2.24, 2.45) is 5.73 Å². The Kier molecular flexibility index (Phi) is 6.42. The van der Waals surface area contributed by atoms with E-state index < -0.39 is 17.5 Å². The molecule has 0 fully saturated rings. The number of primary amides is 1. The number of benzene rings is 3. The molecule has 7 nitrogen and oxygen atoms in total. The number of hydrogen-bond donors (Lipinski definition) is 1. The fraction of sp³-hybridized carbons (Fsp3) is 0.179. The van der Waals surface area contributed by atoms with Gasteiger partial charge >= 0.3 is 6.03 Å². The van der Waals surface area contributed by atoms with E-state index in [0.717, 1.165) is 21.3 Å². The number of pyridine rings is 1. The minimum absolute atomic E-state index is 0.0677. The summed E-state index contributed by atoms with van der Waals surface area (Å²) in [6.07, 6.45) is 0. The molecule has 35 heavy (non-hydrogen) atoms. The molecule has 7 heteroatoms. The van der Waals surface area contributed by atoms with Gasteiger partial charge in [-0.2, -0.15) is 0 Å². The SMILES string of the molecule is COc1ccccc1CN(C)C(=O)c1c(-c2ccccc2)c2cc(C)c(C)cc2c(=O)n1C(N)=O. The van der Waals surface area contributed by atoms with Crippen LogP contribution >= 0.6 is 0 Å². The predicted octanol–water partition coefficient (Wildman–Crippen LogP) is 4.49. The summed E-state index contributed by atoms with van der Waals surface area (Å²) in [5.74, 6) is 0.123. The van der Waals surface area contributed by atoms with Crippen molar-refractivity contribution in [3.05, 3.63) is 99.5 Å². The second-order valence-electron chi connectivity index (χ2n) is 8.52. The Hall–Kier alpha value is -4.39. The van der Waals surface area contributed by atoms with Crippen molar-refractivity contribution in [3.8, 4) is 16.9 Å². The zero-order valence-electron chi connectivity index (χ0n) is 20.2. The molecule has 0 radical (unpaired) electrons. The largest absolute Gasteiger partial charge is 0.496 e. The molecule has 0 bridgehead atoms. The molecule has 0 aliphatic rings. The Bertz CT molecular complexity index is 1510. The highest BCUT2D eigenvalue weighted by molar-refractivity contribution is 6.10. The highest BCUT2D eigenvalue weighted by Crippen LogP contribution is 2.33. The molecular weight excluding hydrogens is 442 g/mol. The maximum atomic E-state index is 13.9. The molecule has 1 heterocycles. The van der Waals surface area contributed by atoms with Crippen molar-refractivity contribution in [1.29, 1.82) is 0 Å². The summed E-state index contributed by atoms with van der Waals surface area (Å²) >= 11 is 0. The molecule has 3 aromatic carbocycles. The minimum Gasteiger partial charge on any atom is -0.496 e. The van der Waals surface area contributed by atoms with Gasteiger partial charge in [0.15, 0.2) is 0 Å². The van der Waals surface area contributed by atoms with Crippen LogP contribution in [0.15, 0.2) is 71.5 Å². The Morgan fingerprint density at radius 3 is 2.17 bits per heavy atom. The van der Waals surface area contributed by atoms with Gasteiger partial charge in [-0.3, -0.25) is 9.59 Å². The topological polar surface area (TPSA) is 94.6 Å². The van der Waals surface area contributed by atoms with Gasteiger partial charge in [0.05, 0.1) is 7.11 Å². The average molecular weight is 470 g/mol. The first-order valence-electron chi connectivity index (χ1n) is 11.2. The van der Waals surface area contributed by atoms with E-state index in [0.29, 0.717) is 27.6 Å². The normalized spacial score (nSPS) is 10.9. The number of ether oxygens (including phenoxy) is 1. The predicted molar refractivity (Wildman–Crippen MR) is 137 cm³/mol. The first-order valence-corrected chi connectivity index (χ1v) is 11.2. The summed E-state index contributed by atoms with van der Waals surface area (Å²) in [5.41, 5.74) is 8.84. The van der Waals surface area contributed by atoms with Crippen molar-refractivity contribution in [3.63, 3.8) is 0 Å². The molecule has 178 valence electrons. The standard InChI is InChI=1S/C28H27N3O4/c1-17-14-21-22(15-18(17)2)26(32)31(28(29)34)25(24(21)19-10-6-5-7-11-19)27(33)30(3)16-20-12-8-9-13-23(20)35-4/h5-15H,16H2,1-4H3,(H2,29,34). The van der Waals surface area contributed by atoms with Gasteiger partial charge < -0.3 is 15.4 Å². The number of nitrogens with two attached hydrogens (primary N) is 1. The lowest BCUT2D eigenvalue weighted by atomic mass is 9.93. The lowest BCUT2D eigenvalue weighted by Gasteiger charge is -2.23. The van der Waals surface area contributed by atoms with Crippen LogP contribution in [0.5, 0.6) is 5.75 Å². The van der Waals surface area contributed by atoms with Gasteiger partial charge in [0.1, 0.15) is 11.4 Å².